The number of anilines is 1. The Kier molecular flexibility index (Phi) is 4.81. The molecule has 0 bridgehead atoms. The van der Waals surface area contributed by atoms with Crippen LogP contribution in [0.4, 0.5) is 5.82 Å². The number of aryl methyl sites for hydroxylation is 2. The maximum atomic E-state index is 4.45. The lowest BCUT2D eigenvalue weighted by atomic mass is 10.0. The van der Waals surface area contributed by atoms with Gasteiger partial charge in [0.25, 0.3) is 0 Å². The van der Waals surface area contributed by atoms with Crippen LogP contribution >= 0.6 is 0 Å². The highest BCUT2D eigenvalue weighted by Crippen LogP contribution is 2.21. The van der Waals surface area contributed by atoms with E-state index in [1.807, 2.05) is 13.8 Å². The molecule has 3 rings (SSSR count). The fourth-order valence-electron chi connectivity index (χ4n) is 3.09. The Morgan fingerprint density at radius 2 is 1.83 bits per heavy atom. The fraction of sp³-hybridized carbons (Fsp3) is 0.529. The molecule has 122 valence electrons. The number of aromatic nitrogens is 4. The van der Waals surface area contributed by atoms with Gasteiger partial charge in [-0.1, -0.05) is 0 Å². The summed E-state index contributed by atoms with van der Waals surface area (Å²) in [5.41, 5.74) is 3.13. The standard InChI is InChI=1S/C17H24N6/c1-13-10-17(21-12-20-13)22(3)15-4-8-23(9-5-15)11-16-14(2)18-6-7-19-16/h6-7,10,12,15H,4-5,8-9,11H2,1-3H3. The summed E-state index contributed by atoms with van der Waals surface area (Å²) in [6, 6.07) is 2.58. The van der Waals surface area contributed by atoms with Crippen LogP contribution in [0.1, 0.15) is 29.9 Å². The molecular formula is C17H24N6. The van der Waals surface area contributed by atoms with Gasteiger partial charge in [0.15, 0.2) is 0 Å². The Labute approximate surface area is 137 Å². The first-order valence-electron chi connectivity index (χ1n) is 8.14. The van der Waals surface area contributed by atoms with Crippen LogP contribution in [0.2, 0.25) is 0 Å². The molecular weight excluding hydrogens is 288 g/mol. The molecule has 23 heavy (non-hydrogen) atoms. The molecule has 2 aromatic rings. The van der Waals surface area contributed by atoms with E-state index in [9.17, 15) is 0 Å². The van der Waals surface area contributed by atoms with Gasteiger partial charge >= 0.3 is 0 Å². The van der Waals surface area contributed by atoms with Crippen LogP contribution in [0.5, 0.6) is 0 Å². The molecule has 0 radical (unpaired) electrons. The van der Waals surface area contributed by atoms with Gasteiger partial charge in [-0.05, 0) is 26.7 Å². The van der Waals surface area contributed by atoms with Gasteiger partial charge in [-0.15, -0.1) is 0 Å². The normalized spacial score (nSPS) is 16.5. The number of hydrogen-bond donors (Lipinski definition) is 0. The zero-order valence-corrected chi connectivity index (χ0v) is 14.1. The number of rotatable bonds is 4. The van der Waals surface area contributed by atoms with Crippen molar-refractivity contribution in [3.63, 3.8) is 0 Å². The topological polar surface area (TPSA) is 58.0 Å². The molecule has 0 amide bonds. The Balaban J connectivity index is 1.57. The molecule has 0 N–H and O–H groups in total. The molecule has 1 aliphatic rings. The van der Waals surface area contributed by atoms with Crippen molar-refractivity contribution in [1.82, 2.24) is 24.8 Å². The number of nitrogens with zero attached hydrogens (tertiary/aromatic N) is 6. The summed E-state index contributed by atoms with van der Waals surface area (Å²) in [6.07, 6.45) is 7.45. The van der Waals surface area contributed by atoms with E-state index in [4.69, 9.17) is 0 Å². The van der Waals surface area contributed by atoms with E-state index in [0.717, 1.165) is 55.4 Å². The summed E-state index contributed by atoms with van der Waals surface area (Å²) in [6.45, 7) is 7.08. The predicted octanol–water partition coefficient (Wildman–Crippen LogP) is 1.98. The van der Waals surface area contributed by atoms with Crippen molar-refractivity contribution >= 4 is 5.82 Å². The molecule has 0 saturated carbocycles. The lowest BCUT2D eigenvalue weighted by Crippen LogP contribution is -2.43. The highest BCUT2D eigenvalue weighted by Gasteiger charge is 2.24. The summed E-state index contributed by atoms with van der Waals surface area (Å²) in [5.74, 6) is 1.01. The Bertz CT molecular complexity index is 651. The highest BCUT2D eigenvalue weighted by atomic mass is 15.2. The maximum Gasteiger partial charge on any atom is 0.132 e. The molecule has 3 heterocycles. The largest absolute Gasteiger partial charge is 0.356 e. The Hall–Kier alpha value is -2.08. The molecule has 0 unspecified atom stereocenters. The molecule has 6 heteroatoms. The first kappa shape index (κ1) is 15.8. The zero-order valence-electron chi connectivity index (χ0n) is 14.1. The van der Waals surface area contributed by atoms with Crippen LogP contribution in [0.3, 0.4) is 0 Å². The quantitative estimate of drug-likeness (QED) is 0.860. The summed E-state index contributed by atoms with van der Waals surface area (Å²) in [4.78, 5) is 22.1. The molecule has 0 spiro atoms. The molecule has 0 aromatic carbocycles. The van der Waals surface area contributed by atoms with Crippen molar-refractivity contribution < 1.29 is 0 Å². The average Bonchev–Trinajstić information content (AvgIpc) is 2.57. The van der Waals surface area contributed by atoms with Crippen LogP contribution in [0, 0.1) is 13.8 Å². The minimum Gasteiger partial charge on any atom is -0.356 e. The Morgan fingerprint density at radius 3 is 2.52 bits per heavy atom. The number of likely N-dealkylation sites (tertiary alicyclic amines) is 1. The van der Waals surface area contributed by atoms with E-state index in [0.29, 0.717) is 6.04 Å². The average molecular weight is 312 g/mol. The molecule has 0 atom stereocenters. The van der Waals surface area contributed by atoms with Crippen molar-refractivity contribution in [1.29, 1.82) is 0 Å². The predicted molar refractivity (Wildman–Crippen MR) is 90.2 cm³/mol. The van der Waals surface area contributed by atoms with E-state index < -0.39 is 0 Å². The minimum atomic E-state index is 0.531. The van der Waals surface area contributed by atoms with Crippen LogP contribution in [-0.2, 0) is 6.54 Å². The van der Waals surface area contributed by atoms with Crippen LogP contribution < -0.4 is 4.90 Å². The zero-order chi connectivity index (χ0) is 16.2. The summed E-state index contributed by atoms with van der Waals surface area (Å²) < 4.78 is 0. The van der Waals surface area contributed by atoms with Gasteiger partial charge in [0.2, 0.25) is 0 Å². The Morgan fingerprint density at radius 1 is 1.09 bits per heavy atom. The first-order chi connectivity index (χ1) is 11.1. The van der Waals surface area contributed by atoms with Crippen molar-refractivity contribution in [2.45, 2.75) is 39.3 Å². The maximum absolute atomic E-state index is 4.45. The van der Waals surface area contributed by atoms with E-state index >= 15 is 0 Å². The third kappa shape index (κ3) is 3.82. The lowest BCUT2D eigenvalue weighted by molar-refractivity contribution is 0.200. The lowest BCUT2D eigenvalue weighted by Gasteiger charge is -2.37. The molecule has 0 aliphatic carbocycles. The second kappa shape index (κ2) is 7.00. The van der Waals surface area contributed by atoms with Gasteiger partial charge in [0, 0.05) is 56.9 Å². The van der Waals surface area contributed by atoms with Gasteiger partial charge in [0.05, 0.1) is 11.4 Å². The van der Waals surface area contributed by atoms with Crippen LogP contribution in [0.15, 0.2) is 24.8 Å². The molecule has 2 aromatic heterocycles. The van der Waals surface area contributed by atoms with Crippen LogP contribution in [0.25, 0.3) is 0 Å². The molecule has 6 nitrogen and oxygen atoms in total. The van der Waals surface area contributed by atoms with Crippen molar-refractivity contribution in [3.8, 4) is 0 Å². The molecule has 1 saturated heterocycles. The summed E-state index contributed by atoms with van der Waals surface area (Å²) >= 11 is 0. The monoisotopic (exact) mass is 312 g/mol. The SMILES string of the molecule is Cc1cc(N(C)C2CCN(Cc3nccnc3C)CC2)ncn1. The number of hydrogen-bond acceptors (Lipinski definition) is 6. The second-order valence-electron chi connectivity index (χ2n) is 6.22. The van der Waals surface area contributed by atoms with E-state index in [1.54, 1.807) is 18.7 Å². The summed E-state index contributed by atoms with van der Waals surface area (Å²) in [5, 5.41) is 0. The third-order valence-corrected chi connectivity index (χ3v) is 4.61. The van der Waals surface area contributed by atoms with E-state index in [1.165, 1.54) is 0 Å². The highest BCUT2D eigenvalue weighted by molar-refractivity contribution is 5.39. The van der Waals surface area contributed by atoms with Crippen molar-refractivity contribution in [3.05, 3.63) is 41.9 Å². The first-order valence-corrected chi connectivity index (χ1v) is 8.14. The van der Waals surface area contributed by atoms with Crippen molar-refractivity contribution in [2.75, 3.05) is 25.0 Å². The second-order valence-corrected chi connectivity index (χ2v) is 6.22. The van der Waals surface area contributed by atoms with Crippen molar-refractivity contribution in [2.24, 2.45) is 0 Å². The van der Waals surface area contributed by atoms with Gasteiger partial charge < -0.3 is 4.90 Å². The van der Waals surface area contributed by atoms with Gasteiger partial charge in [-0.2, -0.15) is 0 Å². The fourth-order valence-corrected chi connectivity index (χ4v) is 3.09. The van der Waals surface area contributed by atoms with Gasteiger partial charge in [0.1, 0.15) is 12.1 Å². The molecule has 1 aliphatic heterocycles. The summed E-state index contributed by atoms with van der Waals surface area (Å²) in [7, 11) is 2.13. The number of piperidine rings is 1. The molecule has 1 fully saturated rings. The van der Waals surface area contributed by atoms with E-state index in [2.05, 4.69) is 42.8 Å². The van der Waals surface area contributed by atoms with Crippen LogP contribution in [-0.4, -0.2) is 51.0 Å². The van der Waals surface area contributed by atoms with Gasteiger partial charge in [-0.3, -0.25) is 14.9 Å². The smallest absolute Gasteiger partial charge is 0.132 e. The van der Waals surface area contributed by atoms with E-state index in [-0.39, 0.29) is 0 Å². The minimum absolute atomic E-state index is 0.531. The third-order valence-electron chi connectivity index (χ3n) is 4.61. The van der Waals surface area contributed by atoms with Gasteiger partial charge in [-0.25, -0.2) is 9.97 Å².